The van der Waals surface area contributed by atoms with E-state index in [4.69, 9.17) is 0 Å². The normalized spacial score (nSPS) is 11.0. The number of benzene rings is 1. The van der Waals surface area contributed by atoms with Crippen molar-refractivity contribution >= 4 is 21.8 Å². The van der Waals surface area contributed by atoms with Gasteiger partial charge in [-0.15, -0.1) is 0 Å². The zero-order valence-electron chi connectivity index (χ0n) is 10.9. The Morgan fingerprint density at radius 2 is 1.71 bits per heavy atom. The van der Waals surface area contributed by atoms with E-state index >= 15 is 0 Å². The number of hydrogen-bond acceptors (Lipinski definition) is 1. The van der Waals surface area contributed by atoms with Gasteiger partial charge < -0.3 is 4.90 Å². The highest BCUT2D eigenvalue weighted by Crippen LogP contribution is 2.18. The Bertz CT molecular complexity index is 380. The van der Waals surface area contributed by atoms with Crippen molar-refractivity contribution in [1.82, 2.24) is 4.90 Å². The molecule has 0 bridgehead atoms. The van der Waals surface area contributed by atoms with Crippen molar-refractivity contribution in [3.8, 4) is 0 Å². The van der Waals surface area contributed by atoms with Gasteiger partial charge in [0.1, 0.15) is 0 Å². The van der Waals surface area contributed by atoms with Crippen LogP contribution >= 0.6 is 15.9 Å². The lowest BCUT2D eigenvalue weighted by molar-refractivity contribution is 0.0643. The minimum absolute atomic E-state index is 0.116. The Morgan fingerprint density at radius 1 is 1.18 bits per heavy atom. The third-order valence-corrected chi connectivity index (χ3v) is 3.34. The molecule has 0 heterocycles. The minimum Gasteiger partial charge on any atom is -0.334 e. The highest BCUT2D eigenvalue weighted by Gasteiger charge is 2.22. The predicted octanol–water partition coefficient (Wildman–Crippen LogP) is 3.84. The molecule has 1 rings (SSSR count). The molecule has 0 spiro atoms. The van der Waals surface area contributed by atoms with E-state index in [1.807, 2.05) is 29.2 Å². The van der Waals surface area contributed by atoms with Crippen molar-refractivity contribution in [3.05, 3.63) is 35.4 Å². The van der Waals surface area contributed by atoms with Gasteiger partial charge in [-0.2, -0.15) is 0 Å². The number of carbonyl (C=O) groups is 1. The summed E-state index contributed by atoms with van der Waals surface area (Å²) in [4.78, 5) is 14.4. The molecule has 0 saturated heterocycles. The van der Waals surface area contributed by atoms with Crippen molar-refractivity contribution in [2.24, 2.45) is 0 Å². The summed E-state index contributed by atoms with van der Waals surface area (Å²) in [6.45, 7) is 8.20. The average Bonchev–Trinajstić information content (AvgIpc) is 2.27. The first kappa shape index (κ1) is 14.2. The molecule has 17 heavy (non-hydrogen) atoms. The second-order valence-electron chi connectivity index (χ2n) is 4.69. The SMILES string of the molecule is CC(C)N(C(=O)c1ccccc1CBr)C(C)C. The first-order chi connectivity index (χ1) is 7.99. The smallest absolute Gasteiger partial charge is 0.254 e. The fourth-order valence-electron chi connectivity index (χ4n) is 2.05. The Balaban J connectivity index is 3.09. The molecule has 0 aliphatic rings. The van der Waals surface area contributed by atoms with Gasteiger partial charge in [-0.25, -0.2) is 0 Å². The molecular formula is C14H20BrNO. The molecule has 1 aromatic carbocycles. The number of carbonyl (C=O) groups excluding carboxylic acids is 1. The molecule has 0 radical (unpaired) electrons. The first-order valence-corrected chi connectivity index (χ1v) is 7.07. The molecule has 0 aliphatic heterocycles. The summed E-state index contributed by atoms with van der Waals surface area (Å²) in [5.74, 6) is 0.116. The summed E-state index contributed by atoms with van der Waals surface area (Å²) in [5, 5.41) is 0.707. The largest absolute Gasteiger partial charge is 0.334 e. The van der Waals surface area contributed by atoms with E-state index in [1.165, 1.54) is 0 Å². The number of hydrogen-bond donors (Lipinski definition) is 0. The molecule has 1 amide bonds. The molecular weight excluding hydrogens is 278 g/mol. The van der Waals surface area contributed by atoms with Crippen LogP contribution in [0.2, 0.25) is 0 Å². The van der Waals surface area contributed by atoms with Crippen LogP contribution in [0.25, 0.3) is 0 Å². The molecule has 1 aromatic rings. The molecule has 0 atom stereocenters. The molecule has 0 unspecified atom stereocenters. The molecule has 0 aliphatic carbocycles. The molecule has 0 saturated carbocycles. The van der Waals surface area contributed by atoms with Crippen LogP contribution in [0.4, 0.5) is 0 Å². The van der Waals surface area contributed by atoms with Crippen molar-refractivity contribution in [3.63, 3.8) is 0 Å². The highest BCUT2D eigenvalue weighted by molar-refractivity contribution is 9.08. The Hall–Kier alpha value is -0.830. The highest BCUT2D eigenvalue weighted by atomic mass is 79.9. The van der Waals surface area contributed by atoms with Gasteiger partial charge in [0.05, 0.1) is 0 Å². The van der Waals surface area contributed by atoms with Crippen molar-refractivity contribution in [2.45, 2.75) is 45.1 Å². The number of rotatable bonds is 4. The Kier molecular flexibility index (Phi) is 5.19. The summed E-state index contributed by atoms with van der Waals surface area (Å²) >= 11 is 3.43. The first-order valence-electron chi connectivity index (χ1n) is 5.95. The third-order valence-electron chi connectivity index (χ3n) is 2.74. The quantitative estimate of drug-likeness (QED) is 0.773. The lowest BCUT2D eigenvalue weighted by Gasteiger charge is -2.31. The number of alkyl halides is 1. The zero-order chi connectivity index (χ0) is 13.0. The molecule has 0 aromatic heterocycles. The van der Waals surface area contributed by atoms with Gasteiger partial charge in [-0.05, 0) is 39.3 Å². The predicted molar refractivity (Wildman–Crippen MR) is 75.5 cm³/mol. The average molecular weight is 298 g/mol. The second-order valence-corrected chi connectivity index (χ2v) is 5.25. The minimum atomic E-state index is 0.116. The lowest BCUT2D eigenvalue weighted by atomic mass is 10.1. The van der Waals surface area contributed by atoms with E-state index in [1.54, 1.807) is 0 Å². The fraction of sp³-hybridized carbons (Fsp3) is 0.500. The van der Waals surface area contributed by atoms with Crippen LogP contribution in [0, 0.1) is 0 Å². The maximum atomic E-state index is 12.5. The van der Waals surface area contributed by atoms with Crippen molar-refractivity contribution in [2.75, 3.05) is 0 Å². The topological polar surface area (TPSA) is 20.3 Å². The van der Waals surface area contributed by atoms with E-state index in [0.29, 0.717) is 5.33 Å². The van der Waals surface area contributed by atoms with Gasteiger partial charge in [0.25, 0.3) is 5.91 Å². The summed E-state index contributed by atoms with van der Waals surface area (Å²) in [5.41, 5.74) is 1.84. The summed E-state index contributed by atoms with van der Waals surface area (Å²) in [6.07, 6.45) is 0. The van der Waals surface area contributed by atoms with Gasteiger partial charge in [0, 0.05) is 23.0 Å². The fourth-order valence-corrected chi connectivity index (χ4v) is 2.54. The monoisotopic (exact) mass is 297 g/mol. The van der Waals surface area contributed by atoms with Crippen molar-refractivity contribution in [1.29, 1.82) is 0 Å². The van der Waals surface area contributed by atoms with E-state index in [0.717, 1.165) is 11.1 Å². The lowest BCUT2D eigenvalue weighted by Crippen LogP contribution is -2.42. The number of nitrogens with zero attached hydrogens (tertiary/aromatic N) is 1. The van der Waals surface area contributed by atoms with E-state index in [9.17, 15) is 4.79 Å². The second kappa shape index (κ2) is 6.20. The van der Waals surface area contributed by atoms with Gasteiger partial charge in [-0.3, -0.25) is 4.79 Å². The summed E-state index contributed by atoms with van der Waals surface area (Å²) in [7, 11) is 0. The van der Waals surface area contributed by atoms with Gasteiger partial charge >= 0.3 is 0 Å². The standard InChI is InChI=1S/C14H20BrNO/c1-10(2)16(11(3)4)14(17)13-8-6-5-7-12(13)9-15/h5-8,10-11H,9H2,1-4H3. The number of amides is 1. The van der Waals surface area contributed by atoms with Gasteiger partial charge in [-0.1, -0.05) is 34.1 Å². The van der Waals surface area contributed by atoms with Crippen LogP contribution in [0.1, 0.15) is 43.6 Å². The van der Waals surface area contributed by atoms with Crippen LogP contribution in [-0.4, -0.2) is 22.9 Å². The third kappa shape index (κ3) is 3.32. The zero-order valence-corrected chi connectivity index (χ0v) is 12.5. The van der Waals surface area contributed by atoms with Crippen LogP contribution in [0.15, 0.2) is 24.3 Å². The van der Waals surface area contributed by atoms with E-state index in [2.05, 4.69) is 43.6 Å². The van der Waals surface area contributed by atoms with Gasteiger partial charge in [0.15, 0.2) is 0 Å². The molecule has 2 nitrogen and oxygen atoms in total. The molecule has 3 heteroatoms. The maximum absolute atomic E-state index is 12.5. The van der Waals surface area contributed by atoms with E-state index < -0.39 is 0 Å². The molecule has 0 fully saturated rings. The Morgan fingerprint density at radius 3 is 2.18 bits per heavy atom. The molecule has 0 N–H and O–H groups in total. The van der Waals surface area contributed by atoms with E-state index in [-0.39, 0.29) is 18.0 Å². The number of halogens is 1. The molecule has 94 valence electrons. The van der Waals surface area contributed by atoms with Crippen LogP contribution in [-0.2, 0) is 5.33 Å². The Labute approximate surface area is 112 Å². The summed E-state index contributed by atoms with van der Waals surface area (Å²) in [6, 6.07) is 8.19. The van der Waals surface area contributed by atoms with Crippen LogP contribution in [0.3, 0.4) is 0 Å². The maximum Gasteiger partial charge on any atom is 0.254 e. The summed E-state index contributed by atoms with van der Waals surface area (Å²) < 4.78 is 0. The van der Waals surface area contributed by atoms with Crippen LogP contribution in [0.5, 0.6) is 0 Å². The van der Waals surface area contributed by atoms with Crippen molar-refractivity contribution < 1.29 is 4.79 Å². The van der Waals surface area contributed by atoms with Crippen LogP contribution < -0.4 is 0 Å². The van der Waals surface area contributed by atoms with Gasteiger partial charge in [0.2, 0.25) is 0 Å².